The second-order valence-corrected chi connectivity index (χ2v) is 7.48. The Morgan fingerprint density at radius 2 is 1.81 bits per heavy atom. The number of carbonyl (C=O) groups is 1. The molecule has 10 heteroatoms. The molecule has 1 aromatic heterocycles. The Hall–Kier alpha value is -3.21. The third kappa shape index (κ3) is 5.91. The Labute approximate surface area is 185 Å². The summed E-state index contributed by atoms with van der Waals surface area (Å²) >= 11 is 3.34. The van der Waals surface area contributed by atoms with Crippen LogP contribution in [0.1, 0.15) is 28.0 Å². The summed E-state index contributed by atoms with van der Waals surface area (Å²) < 4.78 is 12.0. The number of amides is 1. The van der Waals surface area contributed by atoms with Crippen molar-refractivity contribution in [1.29, 1.82) is 0 Å². The van der Waals surface area contributed by atoms with Crippen LogP contribution >= 0.6 is 15.9 Å². The average Bonchev–Trinajstić information content (AvgIpc) is 3.26. The summed E-state index contributed by atoms with van der Waals surface area (Å²) in [4.78, 5) is 22.6. The molecule has 0 saturated heterocycles. The van der Waals surface area contributed by atoms with Crippen molar-refractivity contribution in [3.05, 3.63) is 92.3 Å². The first-order valence-corrected chi connectivity index (χ1v) is 9.98. The minimum Gasteiger partial charge on any atom is -0.486 e. The van der Waals surface area contributed by atoms with E-state index in [2.05, 4.69) is 21.2 Å². The Morgan fingerprint density at radius 3 is 2.42 bits per heavy atom. The first kappa shape index (κ1) is 22.5. The predicted molar refractivity (Wildman–Crippen MR) is 114 cm³/mol. The van der Waals surface area contributed by atoms with Gasteiger partial charge in [-0.2, -0.15) is 0 Å². The van der Waals surface area contributed by atoms with E-state index in [4.69, 9.17) is 9.15 Å². The fourth-order valence-corrected chi connectivity index (χ4v) is 3.02. The van der Waals surface area contributed by atoms with E-state index in [0.29, 0.717) is 17.1 Å². The standard InChI is InChI=1S/C21H19BrN2O7/c22-14-3-7-16(8-4-14)30-12-17-9-10-19(31-17)21(27)23-18(11-25)20(26)13-1-5-15(6-2-13)24(28)29/h1-10,18,20,25-26H,11-12H2,(H,23,27). The van der Waals surface area contributed by atoms with Crippen LogP contribution in [-0.4, -0.2) is 33.7 Å². The molecule has 3 rings (SSSR count). The molecule has 162 valence electrons. The van der Waals surface area contributed by atoms with Gasteiger partial charge in [-0.25, -0.2) is 0 Å². The Kier molecular flexibility index (Phi) is 7.40. The largest absolute Gasteiger partial charge is 0.486 e. The summed E-state index contributed by atoms with van der Waals surface area (Å²) in [5, 5.41) is 33.3. The first-order chi connectivity index (χ1) is 14.9. The van der Waals surface area contributed by atoms with Crippen LogP contribution < -0.4 is 10.1 Å². The number of benzene rings is 2. The normalized spacial score (nSPS) is 12.7. The molecular formula is C21H19BrN2O7. The van der Waals surface area contributed by atoms with Gasteiger partial charge in [0.2, 0.25) is 0 Å². The fourth-order valence-electron chi connectivity index (χ4n) is 2.75. The highest BCUT2D eigenvalue weighted by atomic mass is 79.9. The molecule has 0 aliphatic carbocycles. The number of nitrogens with one attached hydrogen (secondary N) is 1. The highest BCUT2D eigenvalue weighted by molar-refractivity contribution is 9.10. The lowest BCUT2D eigenvalue weighted by Gasteiger charge is -2.22. The van der Waals surface area contributed by atoms with Gasteiger partial charge < -0.3 is 24.7 Å². The second kappa shape index (κ2) is 10.2. The van der Waals surface area contributed by atoms with Gasteiger partial charge in [-0.3, -0.25) is 14.9 Å². The molecule has 0 radical (unpaired) electrons. The van der Waals surface area contributed by atoms with Crippen molar-refractivity contribution in [3.8, 4) is 5.75 Å². The van der Waals surface area contributed by atoms with Gasteiger partial charge in [0.25, 0.3) is 11.6 Å². The molecule has 0 bridgehead atoms. The van der Waals surface area contributed by atoms with Crippen LogP contribution in [0, 0.1) is 10.1 Å². The van der Waals surface area contributed by atoms with E-state index in [1.165, 1.54) is 30.3 Å². The quantitative estimate of drug-likeness (QED) is 0.309. The van der Waals surface area contributed by atoms with Crippen molar-refractivity contribution < 1.29 is 29.1 Å². The summed E-state index contributed by atoms with van der Waals surface area (Å²) in [6.45, 7) is -0.437. The molecule has 0 fully saturated rings. The molecule has 0 aliphatic rings. The molecule has 2 unspecified atom stereocenters. The number of non-ortho nitro benzene ring substituents is 1. The molecular weight excluding hydrogens is 472 g/mol. The zero-order chi connectivity index (χ0) is 22.4. The monoisotopic (exact) mass is 490 g/mol. The zero-order valence-electron chi connectivity index (χ0n) is 16.1. The van der Waals surface area contributed by atoms with Crippen molar-refractivity contribution in [3.63, 3.8) is 0 Å². The van der Waals surface area contributed by atoms with E-state index < -0.39 is 29.6 Å². The molecule has 2 aromatic carbocycles. The summed E-state index contributed by atoms with van der Waals surface area (Å²) in [5.41, 5.74) is 0.182. The van der Waals surface area contributed by atoms with Gasteiger partial charge in [0, 0.05) is 16.6 Å². The predicted octanol–water partition coefficient (Wildman–Crippen LogP) is 3.35. The number of halogens is 1. The van der Waals surface area contributed by atoms with Crippen LogP contribution in [0.2, 0.25) is 0 Å². The Balaban J connectivity index is 1.60. The van der Waals surface area contributed by atoms with Gasteiger partial charge in [-0.15, -0.1) is 0 Å². The number of rotatable bonds is 9. The maximum absolute atomic E-state index is 12.5. The van der Waals surface area contributed by atoms with E-state index in [-0.39, 0.29) is 18.1 Å². The molecule has 3 aromatic rings. The van der Waals surface area contributed by atoms with Gasteiger partial charge >= 0.3 is 0 Å². The summed E-state index contributed by atoms with van der Waals surface area (Å²) in [5.74, 6) is 0.417. The summed E-state index contributed by atoms with van der Waals surface area (Å²) in [6, 6.07) is 14.4. The first-order valence-electron chi connectivity index (χ1n) is 9.18. The van der Waals surface area contributed by atoms with E-state index in [9.17, 15) is 25.1 Å². The van der Waals surface area contributed by atoms with Crippen molar-refractivity contribution >= 4 is 27.5 Å². The molecule has 2 atom stereocenters. The van der Waals surface area contributed by atoms with Crippen LogP contribution in [0.25, 0.3) is 0 Å². The molecule has 9 nitrogen and oxygen atoms in total. The fraction of sp³-hybridized carbons (Fsp3) is 0.190. The topological polar surface area (TPSA) is 135 Å². The number of aliphatic hydroxyl groups excluding tert-OH is 2. The van der Waals surface area contributed by atoms with E-state index in [1.807, 2.05) is 12.1 Å². The number of hydrogen-bond acceptors (Lipinski definition) is 7. The van der Waals surface area contributed by atoms with Gasteiger partial charge in [-0.1, -0.05) is 15.9 Å². The number of nitrogens with zero attached hydrogens (tertiary/aromatic N) is 1. The highest BCUT2D eigenvalue weighted by Crippen LogP contribution is 2.21. The minimum absolute atomic E-state index is 0.0104. The van der Waals surface area contributed by atoms with E-state index in [1.54, 1.807) is 18.2 Å². The maximum atomic E-state index is 12.5. The number of nitro groups is 1. The molecule has 31 heavy (non-hydrogen) atoms. The molecule has 1 heterocycles. The third-order valence-electron chi connectivity index (χ3n) is 4.42. The number of nitro benzene ring substituents is 1. The molecule has 3 N–H and O–H groups in total. The summed E-state index contributed by atoms with van der Waals surface area (Å²) in [6.07, 6.45) is -1.27. The average molecular weight is 491 g/mol. The van der Waals surface area contributed by atoms with Crippen molar-refractivity contribution in [2.45, 2.75) is 18.8 Å². The lowest BCUT2D eigenvalue weighted by atomic mass is 10.0. The second-order valence-electron chi connectivity index (χ2n) is 6.56. The van der Waals surface area contributed by atoms with Crippen molar-refractivity contribution in [1.82, 2.24) is 5.32 Å². The Bertz CT molecular complexity index is 1030. The third-order valence-corrected chi connectivity index (χ3v) is 4.95. The number of carbonyl (C=O) groups excluding carboxylic acids is 1. The summed E-state index contributed by atoms with van der Waals surface area (Å²) in [7, 11) is 0. The van der Waals surface area contributed by atoms with E-state index in [0.717, 1.165) is 4.47 Å². The van der Waals surface area contributed by atoms with Crippen LogP contribution in [0.4, 0.5) is 5.69 Å². The molecule has 0 saturated carbocycles. The van der Waals surface area contributed by atoms with Crippen LogP contribution in [0.15, 0.2) is 69.6 Å². The van der Waals surface area contributed by atoms with Gasteiger partial charge in [0.1, 0.15) is 24.2 Å². The lowest BCUT2D eigenvalue weighted by molar-refractivity contribution is -0.384. The van der Waals surface area contributed by atoms with E-state index >= 15 is 0 Å². The highest BCUT2D eigenvalue weighted by Gasteiger charge is 2.24. The maximum Gasteiger partial charge on any atom is 0.287 e. The zero-order valence-corrected chi connectivity index (χ0v) is 17.7. The van der Waals surface area contributed by atoms with Crippen molar-refractivity contribution in [2.75, 3.05) is 6.61 Å². The number of ether oxygens (including phenoxy) is 1. The smallest absolute Gasteiger partial charge is 0.287 e. The number of furan rings is 1. The van der Waals surface area contributed by atoms with Crippen LogP contribution in [0.3, 0.4) is 0 Å². The minimum atomic E-state index is -1.27. The SMILES string of the molecule is O=C(NC(CO)C(O)c1ccc([N+](=O)[O-])cc1)c1ccc(COc2ccc(Br)cc2)o1. The molecule has 1 amide bonds. The lowest BCUT2D eigenvalue weighted by Crippen LogP contribution is -2.41. The number of aliphatic hydroxyl groups is 2. The number of hydrogen-bond donors (Lipinski definition) is 3. The van der Waals surface area contributed by atoms with Gasteiger partial charge in [0.05, 0.1) is 17.6 Å². The van der Waals surface area contributed by atoms with Crippen LogP contribution in [0.5, 0.6) is 5.75 Å². The molecule has 0 spiro atoms. The van der Waals surface area contributed by atoms with Gasteiger partial charge in [-0.05, 0) is 54.1 Å². The molecule has 0 aliphatic heterocycles. The van der Waals surface area contributed by atoms with Gasteiger partial charge in [0.15, 0.2) is 5.76 Å². The van der Waals surface area contributed by atoms with Crippen LogP contribution in [-0.2, 0) is 6.61 Å². The van der Waals surface area contributed by atoms with Crippen molar-refractivity contribution in [2.24, 2.45) is 0 Å². The Morgan fingerprint density at radius 1 is 1.13 bits per heavy atom.